The molecule has 44 valence electrons. The van der Waals surface area contributed by atoms with E-state index >= 15 is 0 Å². The van der Waals surface area contributed by atoms with Crippen LogP contribution >= 0.6 is 0 Å². The van der Waals surface area contributed by atoms with Gasteiger partial charge in [0.05, 0.1) is 6.07 Å². The van der Waals surface area contributed by atoms with Gasteiger partial charge in [-0.15, -0.1) is 0 Å². The van der Waals surface area contributed by atoms with E-state index in [-0.39, 0.29) is 20.8 Å². The molecule has 0 atom stereocenters. The maximum atomic E-state index is 7.89. The molecule has 0 aromatic carbocycles. The Morgan fingerprint density at radius 3 is 1.43 bits per heavy atom. The van der Waals surface area contributed by atoms with Crippen LogP contribution in [0.2, 0.25) is 0 Å². The normalized spacial score (nSPS) is 5.43. The van der Waals surface area contributed by atoms with Crippen molar-refractivity contribution in [2.75, 3.05) is 0 Å². The summed E-state index contributed by atoms with van der Waals surface area (Å²) in [5.74, 6) is 0.190. The molecule has 0 saturated carbocycles. The van der Waals surface area contributed by atoms with Gasteiger partial charge in [-0.25, -0.2) is 0 Å². The molecule has 0 aliphatic carbocycles. The summed E-state index contributed by atoms with van der Waals surface area (Å²) in [4.78, 5) is 0. The molecule has 0 saturated heterocycles. The summed E-state index contributed by atoms with van der Waals surface area (Å²) in [5.41, 5.74) is 0. The van der Waals surface area contributed by atoms with Crippen molar-refractivity contribution in [2.45, 2.75) is 28.7 Å². The Morgan fingerprint density at radius 2 is 1.43 bits per heavy atom. The van der Waals surface area contributed by atoms with Crippen LogP contribution in [0, 0.1) is 17.2 Å². The first-order valence-electron chi connectivity index (χ1n) is 1.67. The first kappa shape index (κ1) is 16.1. The van der Waals surface area contributed by atoms with Gasteiger partial charge in [0.2, 0.25) is 0 Å². The van der Waals surface area contributed by atoms with Crippen LogP contribution in [0.4, 0.5) is 0 Å². The third-order valence-electron chi connectivity index (χ3n) is 0.258. The maximum Gasteiger partial charge on any atom is 0.0649 e. The van der Waals surface area contributed by atoms with Gasteiger partial charge in [0.1, 0.15) is 0 Å². The van der Waals surface area contributed by atoms with Crippen LogP contribution in [0.3, 0.4) is 0 Å². The van der Waals surface area contributed by atoms with Crippen LogP contribution < -0.4 is 0 Å². The second-order valence-electron chi connectivity index (χ2n) is 1.28. The molecule has 1 nitrogen and oxygen atoms in total. The highest BCUT2D eigenvalue weighted by Gasteiger charge is 1.78. The molecular weight excluding hydrogens is 86.1 g/mol. The molecule has 0 bridgehead atoms. The third-order valence-corrected chi connectivity index (χ3v) is 0.258. The van der Waals surface area contributed by atoms with Crippen LogP contribution in [-0.4, -0.2) is 0 Å². The van der Waals surface area contributed by atoms with E-state index in [1.165, 1.54) is 0 Å². The standard InChI is InChI=1S/C4H7N.2CH4/c1-4(2)3-5;;/h4H,1-2H3;2*1H4. The van der Waals surface area contributed by atoms with Crippen molar-refractivity contribution in [3.05, 3.63) is 0 Å². The van der Waals surface area contributed by atoms with E-state index in [0.717, 1.165) is 0 Å². The quantitative estimate of drug-likeness (QED) is 0.459. The van der Waals surface area contributed by atoms with E-state index in [4.69, 9.17) is 5.26 Å². The van der Waals surface area contributed by atoms with Gasteiger partial charge in [0, 0.05) is 5.92 Å². The molecule has 1 heteroatoms. The minimum absolute atomic E-state index is 0. The minimum Gasteiger partial charge on any atom is -0.198 e. The maximum absolute atomic E-state index is 7.89. The number of nitriles is 1. The Hall–Kier alpha value is -0.510. The number of hydrogen-bond donors (Lipinski definition) is 0. The lowest BCUT2D eigenvalue weighted by Crippen LogP contribution is -1.72. The van der Waals surface area contributed by atoms with Gasteiger partial charge in [0.25, 0.3) is 0 Å². The Labute approximate surface area is 47.0 Å². The van der Waals surface area contributed by atoms with E-state index in [2.05, 4.69) is 0 Å². The van der Waals surface area contributed by atoms with Crippen molar-refractivity contribution < 1.29 is 0 Å². The highest BCUT2D eigenvalue weighted by Crippen LogP contribution is 1.81. The zero-order valence-corrected chi connectivity index (χ0v) is 3.52. The molecule has 0 radical (unpaired) electrons. The lowest BCUT2D eigenvalue weighted by molar-refractivity contribution is 0.849. The zero-order valence-electron chi connectivity index (χ0n) is 3.52. The molecule has 0 amide bonds. The van der Waals surface area contributed by atoms with Crippen molar-refractivity contribution in [3.63, 3.8) is 0 Å². The molecule has 0 rings (SSSR count). The molecule has 0 fully saturated rings. The highest BCUT2D eigenvalue weighted by molar-refractivity contribution is 4.72. The molecule has 0 heterocycles. The van der Waals surface area contributed by atoms with Crippen molar-refractivity contribution >= 4 is 0 Å². The zero-order chi connectivity index (χ0) is 4.28. The number of rotatable bonds is 0. The molecule has 0 aromatic heterocycles. The van der Waals surface area contributed by atoms with Crippen LogP contribution in [0.25, 0.3) is 0 Å². The SMILES string of the molecule is C.C.CC(C)C#N. The van der Waals surface area contributed by atoms with E-state index < -0.39 is 0 Å². The minimum atomic E-state index is 0. The van der Waals surface area contributed by atoms with Crippen molar-refractivity contribution in [1.29, 1.82) is 5.26 Å². The smallest absolute Gasteiger partial charge is 0.0649 e. The van der Waals surface area contributed by atoms with Gasteiger partial charge < -0.3 is 0 Å². The van der Waals surface area contributed by atoms with Gasteiger partial charge in [0.15, 0.2) is 0 Å². The number of hydrogen-bond acceptors (Lipinski definition) is 1. The molecule has 0 aliphatic rings. The molecule has 7 heavy (non-hydrogen) atoms. The average molecular weight is 101 g/mol. The first-order valence-corrected chi connectivity index (χ1v) is 1.67. The summed E-state index contributed by atoms with van der Waals surface area (Å²) in [6, 6.07) is 2.03. The molecule has 0 unspecified atom stereocenters. The summed E-state index contributed by atoms with van der Waals surface area (Å²) < 4.78 is 0. The van der Waals surface area contributed by atoms with Crippen molar-refractivity contribution in [1.82, 2.24) is 0 Å². The lowest BCUT2D eigenvalue weighted by atomic mass is 10.3. The fourth-order valence-electron chi connectivity index (χ4n) is 0. The Morgan fingerprint density at radius 1 is 1.29 bits per heavy atom. The van der Waals surface area contributed by atoms with E-state index in [0.29, 0.717) is 0 Å². The fourth-order valence-corrected chi connectivity index (χ4v) is 0. The Balaban J connectivity index is -0.0000000800. The largest absolute Gasteiger partial charge is 0.198 e. The van der Waals surface area contributed by atoms with E-state index in [1.807, 2.05) is 19.9 Å². The van der Waals surface area contributed by atoms with E-state index in [1.54, 1.807) is 0 Å². The molecule has 0 spiro atoms. The molecule has 0 aliphatic heterocycles. The summed E-state index contributed by atoms with van der Waals surface area (Å²) >= 11 is 0. The lowest BCUT2D eigenvalue weighted by Gasteiger charge is -1.75. The second kappa shape index (κ2) is 9.09. The molecule has 0 N–H and O–H groups in total. The third kappa shape index (κ3) is 30.1. The van der Waals surface area contributed by atoms with Crippen molar-refractivity contribution in [3.8, 4) is 6.07 Å². The van der Waals surface area contributed by atoms with Gasteiger partial charge in [-0.2, -0.15) is 5.26 Å². The fraction of sp³-hybridized carbons (Fsp3) is 0.833. The van der Waals surface area contributed by atoms with Gasteiger partial charge in [-0.1, -0.05) is 14.9 Å². The van der Waals surface area contributed by atoms with Crippen molar-refractivity contribution in [2.24, 2.45) is 5.92 Å². The van der Waals surface area contributed by atoms with E-state index in [9.17, 15) is 0 Å². The monoisotopic (exact) mass is 101 g/mol. The average Bonchev–Trinajstić information content (AvgIpc) is 1.38. The molecule has 0 aromatic rings. The summed E-state index contributed by atoms with van der Waals surface area (Å²) in [6.07, 6.45) is 0. The van der Waals surface area contributed by atoms with Crippen LogP contribution in [0.1, 0.15) is 28.7 Å². The van der Waals surface area contributed by atoms with Crippen LogP contribution in [0.5, 0.6) is 0 Å². The summed E-state index contributed by atoms with van der Waals surface area (Å²) in [5, 5.41) is 7.89. The topological polar surface area (TPSA) is 23.8 Å². The van der Waals surface area contributed by atoms with Crippen LogP contribution in [0.15, 0.2) is 0 Å². The summed E-state index contributed by atoms with van der Waals surface area (Å²) in [7, 11) is 0. The highest BCUT2D eigenvalue weighted by atomic mass is 14.2. The Bertz CT molecular complexity index is 49.7. The summed E-state index contributed by atoms with van der Waals surface area (Å²) in [6.45, 7) is 3.72. The van der Waals surface area contributed by atoms with Gasteiger partial charge in [-0.05, 0) is 13.8 Å². The van der Waals surface area contributed by atoms with Crippen LogP contribution in [-0.2, 0) is 0 Å². The first-order chi connectivity index (χ1) is 2.27. The predicted octanol–water partition coefficient (Wildman–Crippen LogP) is 2.44. The molecular formula is C6H15N. The van der Waals surface area contributed by atoms with Gasteiger partial charge in [-0.3, -0.25) is 0 Å². The number of nitrogens with zero attached hydrogens (tertiary/aromatic N) is 1. The second-order valence-corrected chi connectivity index (χ2v) is 1.28. The Kier molecular flexibility index (Phi) is 20.8. The van der Waals surface area contributed by atoms with Gasteiger partial charge >= 0.3 is 0 Å². The predicted molar refractivity (Wildman–Crippen MR) is 33.9 cm³/mol.